The Morgan fingerprint density at radius 1 is 1.07 bits per heavy atom. The van der Waals surface area contributed by atoms with E-state index in [-0.39, 0.29) is 16.9 Å². The lowest BCUT2D eigenvalue weighted by atomic mass is 10.2. The number of hydrogen-bond acceptors (Lipinski definition) is 5. The van der Waals surface area contributed by atoms with Gasteiger partial charge in [0, 0.05) is 6.07 Å². The van der Waals surface area contributed by atoms with Crippen LogP contribution < -0.4 is 14.9 Å². The highest BCUT2D eigenvalue weighted by molar-refractivity contribution is 6.26. The third-order valence-electron chi connectivity index (χ3n) is 3.38. The van der Waals surface area contributed by atoms with Gasteiger partial charge in [0.05, 0.1) is 5.39 Å². The van der Waals surface area contributed by atoms with Crippen LogP contribution in [0.5, 0.6) is 17.2 Å². The predicted octanol–water partition coefficient (Wildman–Crippen LogP) is 4.75. The van der Waals surface area contributed by atoms with Crippen molar-refractivity contribution in [2.75, 3.05) is 5.88 Å². The second-order valence-corrected chi connectivity index (χ2v) is 5.54. The normalized spacial score (nSPS) is 11.4. The lowest BCUT2D eigenvalue weighted by Gasteiger charge is -2.13. The number of esters is 1. The fraction of sp³-hybridized carbons (Fsp3) is 0.111. The van der Waals surface area contributed by atoms with E-state index in [0.717, 1.165) is 6.07 Å². The van der Waals surface area contributed by atoms with Gasteiger partial charge in [0.25, 0.3) is 5.76 Å². The lowest BCUT2D eigenvalue weighted by molar-refractivity contribution is -0.154. The summed E-state index contributed by atoms with van der Waals surface area (Å²) in [5, 5.41) is -0.167. The molecule has 0 saturated carbocycles. The Hall–Kier alpha value is -3.00. The third kappa shape index (κ3) is 4.06. The van der Waals surface area contributed by atoms with Crippen LogP contribution in [0.4, 0.5) is 13.2 Å². The summed E-state index contributed by atoms with van der Waals surface area (Å²) in [4.78, 5) is 23.8. The zero-order valence-electron chi connectivity index (χ0n) is 13.4. The molecule has 5 nitrogen and oxygen atoms in total. The Bertz CT molecular complexity index is 1040. The number of fused-ring (bicyclic) bond motifs is 1. The Morgan fingerprint density at radius 2 is 1.78 bits per heavy atom. The zero-order chi connectivity index (χ0) is 19.6. The van der Waals surface area contributed by atoms with E-state index in [1.165, 1.54) is 24.3 Å². The molecule has 9 heteroatoms. The number of benzene rings is 2. The molecule has 0 amide bonds. The molecule has 3 rings (SSSR count). The molecule has 0 spiro atoms. The first-order chi connectivity index (χ1) is 12.8. The van der Waals surface area contributed by atoms with Crippen LogP contribution in [0.15, 0.2) is 57.7 Å². The molecular weight excluding hydrogens is 389 g/mol. The molecule has 0 bridgehead atoms. The first-order valence-electron chi connectivity index (χ1n) is 7.47. The highest BCUT2D eigenvalue weighted by Crippen LogP contribution is 2.38. The van der Waals surface area contributed by atoms with E-state index < -0.39 is 40.5 Å². The van der Waals surface area contributed by atoms with Crippen LogP contribution in [0.1, 0.15) is 5.76 Å². The Kier molecular flexibility index (Phi) is 5.09. The van der Waals surface area contributed by atoms with Gasteiger partial charge in [-0.05, 0) is 24.3 Å². The van der Waals surface area contributed by atoms with E-state index in [1.807, 2.05) is 0 Å². The fourth-order valence-electron chi connectivity index (χ4n) is 2.26. The first kappa shape index (κ1) is 18.8. The average Bonchev–Trinajstić information content (AvgIpc) is 2.63. The number of hydrogen-bond donors (Lipinski definition) is 0. The van der Waals surface area contributed by atoms with Crippen LogP contribution in [-0.4, -0.2) is 11.8 Å². The van der Waals surface area contributed by atoms with Crippen LogP contribution in [0.25, 0.3) is 11.0 Å². The molecule has 27 heavy (non-hydrogen) atoms. The van der Waals surface area contributed by atoms with Gasteiger partial charge < -0.3 is 13.9 Å². The largest absolute Gasteiger partial charge is 0.453 e. The van der Waals surface area contributed by atoms with Crippen molar-refractivity contribution in [1.29, 1.82) is 0 Å². The molecule has 0 aliphatic rings. The molecule has 3 aromatic rings. The van der Waals surface area contributed by atoms with E-state index in [2.05, 4.69) is 0 Å². The zero-order valence-corrected chi connectivity index (χ0v) is 14.1. The molecule has 0 aliphatic carbocycles. The summed E-state index contributed by atoms with van der Waals surface area (Å²) in [5.74, 6) is -3.89. The molecule has 1 aromatic heterocycles. The van der Waals surface area contributed by atoms with Crippen molar-refractivity contribution in [1.82, 2.24) is 0 Å². The number of ether oxygens (including phenoxy) is 2. The maximum atomic E-state index is 13.4. The smallest absolute Gasteiger partial charge is 0.449 e. The highest BCUT2D eigenvalue weighted by Gasteiger charge is 2.40. The molecule has 0 fully saturated rings. The van der Waals surface area contributed by atoms with E-state index in [4.69, 9.17) is 25.5 Å². The summed E-state index contributed by atoms with van der Waals surface area (Å²) in [6.45, 7) is 0. The number of carbonyl (C=O) groups is 1. The summed E-state index contributed by atoms with van der Waals surface area (Å²) in [7, 11) is 0. The lowest BCUT2D eigenvalue weighted by Crippen LogP contribution is -2.15. The summed E-state index contributed by atoms with van der Waals surface area (Å²) < 4.78 is 55.1. The maximum absolute atomic E-state index is 13.4. The van der Waals surface area contributed by atoms with Crippen molar-refractivity contribution in [2.24, 2.45) is 0 Å². The van der Waals surface area contributed by atoms with E-state index >= 15 is 0 Å². The van der Waals surface area contributed by atoms with Crippen molar-refractivity contribution in [3.63, 3.8) is 0 Å². The summed E-state index contributed by atoms with van der Waals surface area (Å²) >= 11 is 5.31. The monoisotopic (exact) mass is 398 g/mol. The number of alkyl halides is 4. The SMILES string of the molecule is O=C(CCl)Oc1ccc2c(=O)c(Oc3ccccc3)c(C(F)(F)F)oc2c1. The van der Waals surface area contributed by atoms with Crippen molar-refractivity contribution >= 4 is 28.5 Å². The van der Waals surface area contributed by atoms with E-state index in [0.29, 0.717) is 0 Å². The third-order valence-corrected chi connectivity index (χ3v) is 3.60. The van der Waals surface area contributed by atoms with Gasteiger partial charge in [0.2, 0.25) is 11.2 Å². The number of halogens is 4. The van der Waals surface area contributed by atoms with Gasteiger partial charge in [-0.2, -0.15) is 13.2 Å². The maximum Gasteiger partial charge on any atom is 0.453 e. The van der Waals surface area contributed by atoms with Crippen molar-refractivity contribution < 1.29 is 31.9 Å². The molecule has 0 atom stereocenters. The number of para-hydroxylation sites is 1. The molecule has 0 N–H and O–H groups in total. The van der Waals surface area contributed by atoms with Gasteiger partial charge in [-0.3, -0.25) is 9.59 Å². The topological polar surface area (TPSA) is 65.7 Å². The number of rotatable bonds is 4. The van der Waals surface area contributed by atoms with Gasteiger partial charge in [-0.1, -0.05) is 18.2 Å². The Morgan fingerprint density at radius 3 is 2.41 bits per heavy atom. The second kappa shape index (κ2) is 7.32. The van der Waals surface area contributed by atoms with E-state index in [9.17, 15) is 22.8 Å². The highest BCUT2D eigenvalue weighted by atomic mass is 35.5. The van der Waals surface area contributed by atoms with Crippen LogP contribution in [0.3, 0.4) is 0 Å². The first-order valence-corrected chi connectivity index (χ1v) is 8.00. The Labute approximate surface area is 154 Å². The second-order valence-electron chi connectivity index (χ2n) is 5.27. The van der Waals surface area contributed by atoms with E-state index in [1.54, 1.807) is 18.2 Å². The molecule has 1 heterocycles. The molecule has 0 radical (unpaired) electrons. The van der Waals surface area contributed by atoms with Crippen molar-refractivity contribution in [2.45, 2.75) is 6.18 Å². The van der Waals surface area contributed by atoms with Gasteiger partial charge in [0.15, 0.2) is 0 Å². The van der Waals surface area contributed by atoms with Crippen molar-refractivity contribution in [3.8, 4) is 17.2 Å². The summed E-state index contributed by atoms with van der Waals surface area (Å²) in [6.07, 6.45) is -4.99. The van der Waals surface area contributed by atoms with Crippen LogP contribution in [-0.2, 0) is 11.0 Å². The summed E-state index contributed by atoms with van der Waals surface area (Å²) in [5.41, 5.74) is -1.42. The van der Waals surface area contributed by atoms with Crippen LogP contribution in [0.2, 0.25) is 0 Å². The average molecular weight is 399 g/mol. The van der Waals surface area contributed by atoms with Crippen LogP contribution >= 0.6 is 11.6 Å². The molecule has 2 aromatic carbocycles. The minimum Gasteiger partial charge on any atom is -0.449 e. The minimum atomic E-state index is -4.99. The van der Waals surface area contributed by atoms with Crippen LogP contribution in [0, 0.1) is 0 Å². The molecule has 140 valence electrons. The molecule has 0 unspecified atom stereocenters. The van der Waals surface area contributed by atoms with Crippen molar-refractivity contribution in [3.05, 3.63) is 64.5 Å². The molecule has 0 saturated heterocycles. The minimum absolute atomic E-state index is 0.0438. The standard InChI is InChI=1S/C18H10ClF3O5/c19-9-14(23)25-11-6-7-12-13(8-11)27-17(18(20,21)22)16(15(12)24)26-10-4-2-1-3-5-10/h1-8H,9H2. The molecule has 0 aliphatic heterocycles. The predicted molar refractivity (Wildman–Crippen MR) is 90.4 cm³/mol. The quantitative estimate of drug-likeness (QED) is 0.360. The van der Waals surface area contributed by atoms with Gasteiger partial charge in [0.1, 0.15) is 23.0 Å². The number of carbonyl (C=O) groups excluding carboxylic acids is 1. The van der Waals surface area contributed by atoms with Gasteiger partial charge >= 0.3 is 12.1 Å². The fourth-order valence-corrected chi connectivity index (χ4v) is 2.32. The summed E-state index contributed by atoms with van der Waals surface area (Å²) in [6, 6.07) is 11.0. The van der Waals surface area contributed by atoms with Gasteiger partial charge in [-0.25, -0.2) is 0 Å². The van der Waals surface area contributed by atoms with Gasteiger partial charge in [-0.15, -0.1) is 11.6 Å². The Balaban J connectivity index is 2.17. The molecular formula is C18H10ClF3O5.